The first-order chi connectivity index (χ1) is 16.7. The number of amides is 2. The third-order valence-corrected chi connectivity index (χ3v) is 5.93. The fourth-order valence-electron chi connectivity index (χ4n) is 4.11. The maximum atomic E-state index is 13.4. The Balaban J connectivity index is 1.93. The van der Waals surface area contributed by atoms with E-state index >= 15 is 0 Å². The molecule has 0 unspecified atom stereocenters. The third-order valence-electron chi connectivity index (χ3n) is 5.93. The van der Waals surface area contributed by atoms with E-state index in [0.717, 1.165) is 47.5 Å². The van der Waals surface area contributed by atoms with Crippen LogP contribution in [-0.4, -0.2) is 34.9 Å². The molecule has 4 aromatic rings. The van der Waals surface area contributed by atoms with Crippen LogP contribution in [-0.2, 0) is 0 Å². The SMILES string of the molecule is CCCCNC(=O)c1c(-c2cnc3ccccc3c2C(=O)NCCCC)cnc2ccccc12. The highest BCUT2D eigenvalue weighted by atomic mass is 16.2. The van der Waals surface area contributed by atoms with Gasteiger partial charge in [-0.25, -0.2) is 0 Å². The van der Waals surface area contributed by atoms with Crippen LogP contribution in [0.1, 0.15) is 60.2 Å². The first-order valence-electron chi connectivity index (χ1n) is 12.0. The first kappa shape index (κ1) is 23.4. The van der Waals surface area contributed by atoms with Crippen LogP contribution in [0.5, 0.6) is 0 Å². The molecule has 2 heterocycles. The molecule has 4 rings (SSSR count). The molecule has 0 atom stereocenters. The summed E-state index contributed by atoms with van der Waals surface area (Å²) in [5, 5.41) is 7.58. The Morgan fingerprint density at radius 3 is 1.50 bits per heavy atom. The van der Waals surface area contributed by atoms with Gasteiger partial charge in [0.05, 0.1) is 22.2 Å². The Hall–Kier alpha value is -3.80. The van der Waals surface area contributed by atoms with Crippen LogP contribution in [0, 0.1) is 0 Å². The summed E-state index contributed by atoms with van der Waals surface area (Å²) in [6.45, 7) is 5.35. The van der Waals surface area contributed by atoms with Gasteiger partial charge < -0.3 is 10.6 Å². The number of carbonyl (C=O) groups excluding carboxylic acids is 2. The number of hydrogen-bond donors (Lipinski definition) is 2. The van der Waals surface area contributed by atoms with Gasteiger partial charge in [-0.15, -0.1) is 0 Å². The highest BCUT2D eigenvalue weighted by molar-refractivity contribution is 6.16. The van der Waals surface area contributed by atoms with E-state index in [4.69, 9.17) is 0 Å². The first-order valence-corrected chi connectivity index (χ1v) is 12.0. The Morgan fingerprint density at radius 1 is 0.676 bits per heavy atom. The summed E-state index contributed by atoms with van der Waals surface area (Å²) in [7, 11) is 0. The molecule has 174 valence electrons. The van der Waals surface area contributed by atoms with Crippen molar-refractivity contribution in [2.45, 2.75) is 39.5 Å². The number of aromatic nitrogens is 2. The molecule has 0 aliphatic carbocycles. The minimum atomic E-state index is -0.174. The zero-order valence-corrected chi connectivity index (χ0v) is 19.7. The number of para-hydroxylation sites is 2. The van der Waals surface area contributed by atoms with Gasteiger partial charge in [-0.05, 0) is 25.0 Å². The Labute approximate surface area is 199 Å². The van der Waals surface area contributed by atoms with E-state index < -0.39 is 0 Å². The van der Waals surface area contributed by atoms with Crippen LogP contribution in [0.25, 0.3) is 32.9 Å². The lowest BCUT2D eigenvalue weighted by Crippen LogP contribution is -2.27. The van der Waals surface area contributed by atoms with Crippen LogP contribution in [0.15, 0.2) is 60.9 Å². The van der Waals surface area contributed by atoms with E-state index in [0.29, 0.717) is 35.3 Å². The Morgan fingerprint density at radius 2 is 1.09 bits per heavy atom. The molecular weight excluding hydrogens is 424 g/mol. The summed E-state index contributed by atoms with van der Waals surface area (Å²) in [5.74, 6) is -0.347. The molecule has 2 amide bonds. The number of unbranched alkanes of at least 4 members (excludes halogenated alkanes) is 2. The predicted molar refractivity (Wildman–Crippen MR) is 137 cm³/mol. The average molecular weight is 455 g/mol. The molecule has 0 spiro atoms. The molecule has 0 saturated carbocycles. The molecule has 2 N–H and O–H groups in total. The van der Waals surface area contributed by atoms with Crippen molar-refractivity contribution in [1.29, 1.82) is 0 Å². The summed E-state index contributed by atoms with van der Waals surface area (Å²) < 4.78 is 0. The Kier molecular flexibility index (Phi) is 7.48. The molecule has 2 aromatic heterocycles. The average Bonchev–Trinajstić information content (AvgIpc) is 2.87. The maximum Gasteiger partial charge on any atom is 0.252 e. The second kappa shape index (κ2) is 10.9. The van der Waals surface area contributed by atoms with Crippen molar-refractivity contribution < 1.29 is 9.59 Å². The van der Waals surface area contributed by atoms with Crippen LogP contribution in [0.3, 0.4) is 0 Å². The lowest BCUT2D eigenvalue weighted by atomic mass is 9.92. The number of fused-ring (bicyclic) bond motifs is 2. The van der Waals surface area contributed by atoms with Crippen molar-refractivity contribution in [3.63, 3.8) is 0 Å². The van der Waals surface area contributed by atoms with Crippen molar-refractivity contribution in [1.82, 2.24) is 20.6 Å². The van der Waals surface area contributed by atoms with Crippen LogP contribution >= 0.6 is 0 Å². The largest absolute Gasteiger partial charge is 0.352 e. The van der Waals surface area contributed by atoms with Crippen molar-refractivity contribution in [3.05, 3.63) is 72.1 Å². The van der Waals surface area contributed by atoms with Crippen molar-refractivity contribution in [2.75, 3.05) is 13.1 Å². The number of nitrogens with one attached hydrogen (secondary N) is 2. The monoisotopic (exact) mass is 454 g/mol. The quantitative estimate of drug-likeness (QED) is 0.327. The molecule has 0 aliphatic rings. The maximum absolute atomic E-state index is 13.4. The van der Waals surface area contributed by atoms with Gasteiger partial charge in [0.25, 0.3) is 11.8 Å². The molecule has 0 saturated heterocycles. The predicted octanol–water partition coefficient (Wildman–Crippen LogP) is 5.51. The number of carbonyl (C=O) groups is 2. The molecule has 0 radical (unpaired) electrons. The van der Waals surface area contributed by atoms with Crippen LogP contribution in [0.2, 0.25) is 0 Å². The van der Waals surface area contributed by atoms with E-state index in [-0.39, 0.29) is 11.8 Å². The Bertz CT molecular complexity index is 1230. The normalized spacial score (nSPS) is 11.0. The minimum absolute atomic E-state index is 0.174. The zero-order valence-electron chi connectivity index (χ0n) is 19.7. The summed E-state index contributed by atoms with van der Waals surface area (Å²) in [6.07, 6.45) is 7.14. The fourth-order valence-corrected chi connectivity index (χ4v) is 4.11. The molecular formula is C28H30N4O2. The van der Waals surface area contributed by atoms with E-state index in [9.17, 15) is 9.59 Å². The summed E-state index contributed by atoms with van der Waals surface area (Å²) >= 11 is 0. The second-order valence-electron chi connectivity index (χ2n) is 8.35. The number of rotatable bonds is 9. The van der Waals surface area contributed by atoms with E-state index in [1.165, 1.54) is 0 Å². The van der Waals surface area contributed by atoms with Gasteiger partial charge in [-0.3, -0.25) is 19.6 Å². The van der Waals surface area contributed by atoms with E-state index in [1.54, 1.807) is 12.4 Å². The fraction of sp³-hybridized carbons (Fsp3) is 0.286. The molecule has 0 bridgehead atoms. The highest BCUT2D eigenvalue weighted by Gasteiger charge is 2.23. The number of benzene rings is 2. The standard InChI is InChI=1S/C28H30N4O2/c1-3-5-15-29-27(33)25-19-11-7-9-13-23(19)31-17-21(25)22-18-32-24-14-10-8-12-20(24)26(22)28(34)30-16-6-4-2/h7-14,17-18H,3-6,15-16H2,1-2H3,(H,29,33)(H,30,34). The number of hydrogen-bond acceptors (Lipinski definition) is 4. The third kappa shape index (κ3) is 4.76. The van der Waals surface area contributed by atoms with Crippen molar-refractivity contribution >= 4 is 33.6 Å². The highest BCUT2D eigenvalue weighted by Crippen LogP contribution is 2.34. The van der Waals surface area contributed by atoms with E-state index in [2.05, 4.69) is 34.4 Å². The molecule has 0 fully saturated rings. The van der Waals surface area contributed by atoms with Crippen LogP contribution < -0.4 is 10.6 Å². The lowest BCUT2D eigenvalue weighted by Gasteiger charge is -2.17. The second-order valence-corrected chi connectivity index (χ2v) is 8.35. The minimum Gasteiger partial charge on any atom is -0.352 e. The van der Waals surface area contributed by atoms with Gasteiger partial charge in [0.15, 0.2) is 0 Å². The lowest BCUT2D eigenvalue weighted by molar-refractivity contribution is 0.0945. The van der Waals surface area contributed by atoms with Gasteiger partial charge in [-0.2, -0.15) is 0 Å². The summed E-state index contributed by atoms with van der Waals surface area (Å²) in [6, 6.07) is 15.2. The summed E-state index contributed by atoms with van der Waals surface area (Å²) in [4.78, 5) is 36.1. The van der Waals surface area contributed by atoms with Crippen molar-refractivity contribution in [2.24, 2.45) is 0 Å². The zero-order chi connectivity index (χ0) is 23.9. The molecule has 34 heavy (non-hydrogen) atoms. The molecule has 2 aromatic carbocycles. The summed E-state index contributed by atoms with van der Waals surface area (Å²) in [5.41, 5.74) is 3.70. The number of nitrogens with zero attached hydrogens (tertiary/aromatic N) is 2. The van der Waals surface area contributed by atoms with Gasteiger partial charge in [-0.1, -0.05) is 63.1 Å². The van der Waals surface area contributed by atoms with Gasteiger partial charge in [0.1, 0.15) is 0 Å². The molecule has 6 nitrogen and oxygen atoms in total. The topological polar surface area (TPSA) is 84.0 Å². The van der Waals surface area contributed by atoms with E-state index in [1.807, 2.05) is 48.5 Å². The van der Waals surface area contributed by atoms with Crippen LogP contribution in [0.4, 0.5) is 0 Å². The van der Waals surface area contributed by atoms with Gasteiger partial charge in [0, 0.05) is 47.4 Å². The van der Waals surface area contributed by atoms with Gasteiger partial charge >= 0.3 is 0 Å². The van der Waals surface area contributed by atoms with Gasteiger partial charge in [0.2, 0.25) is 0 Å². The van der Waals surface area contributed by atoms with Crippen molar-refractivity contribution in [3.8, 4) is 11.1 Å². The smallest absolute Gasteiger partial charge is 0.252 e. The number of pyridine rings is 2. The molecule has 0 aliphatic heterocycles. The molecule has 6 heteroatoms.